The van der Waals surface area contributed by atoms with Crippen molar-refractivity contribution < 1.29 is 5.11 Å². The smallest absolute Gasteiger partial charge is 0.198 e. The molecule has 8 heteroatoms. The Bertz CT molecular complexity index is 824. The second-order valence-corrected chi connectivity index (χ2v) is 6.09. The van der Waals surface area contributed by atoms with Crippen LogP contribution in [0.1, 0.15) is 37.3 Å². The molecule has 3 aromatic rings. The molecule has 4 rings (SSSR count). The first-order chi connectivity index (χ1) is 11.2. The number of fused-ring (bicyclic) bond motifs is 1. The van der Waals surface area contributed by atoms with Gasteiger partial charge in [-0.15, -0.1) is 0 Å². The molecule has 23 heavy (non-hydrogen) atoms. The molecule has 120 valence electrons. The van der Waals surface area contributed by atoms with Crippen molar-refractivity contribution >= 4 is 17.2 Å². The molecule has 1 aliphatic carbocycles. The van der Waals surface area contributed by atoms with E-state index in [-0.39, 0.29) is 12.0 Å². The molecule has 8 nitrogen and oxygen atoms in total. The van der Waals surface area contributed by atoms with Crippen molar-refractivity contribution in [2.75, 3.05) is 5.32 Å². The Hall–Kier alpha value is -2.48. The van der Waals surface area contributed by atoms with Crippen LogP contribution in [0, 0.1) is 0 Å². The Morgan fingerprint density at radius 1 is 1.26 bits per heavy atom. The third-order valence-electron chi connectivity index (χ3n) is 4.31. The van der Waals surface area contributed by atoms with E-state index in [1.807, 2.05) is 19.4 Å². The predicted octanol–water partition coefficient (Wildman–Crippen LogP) is 1.62. The van der Waals surface area contributed by atoms with Gasteiger partial charge in [0.05, 0.1) is 29.9 Å². The summed E-state index contributed by atoms with van der Waals surface area (Å²) in [6.45, 7) is 0. The van der Waals surface area contributed by atoms with Crippen LogP contribution in [-0.4, -0.2) is 40.6 Å². The molecule has 1 fully saturated rings. The SMILES string of the molecule is Cn1cc(Nc2nc([C@@H]3CCCC(O)C3)cn3ncnc23)cn1. The van der Waals surface area contributed by atoms with Crippen LogP contribution in [0.5, 0.6) is 0 Å². The number of aliphatic hydroxyl groups is 1. The highest BCUT2D eigenvalue weighted by Crippen LogP contribution is 2.33. The lowest BCUT2D eigenvalue weighted by Gasteiger charge is -2.25. The second-order valence-electron chi connectivity index (χ2n) is 6.09. The molecular formula is C15H19N7O. The maximum Gasteiger partial charge on any atom is 0.198 e. The van der Waals surface area contributed by atoms with E-state index in [0.717, 1.165) is 37.1 Å². The summed E-state index contributed by atoms with van der Waals surface area (Å²) in [6.07, 6.45) is 10.5. The molecule has 0 radical (unpaired) electrons. The number of aryl methyl sites for hydroxylation is 1. The summed E-state index contributed by atoms with van der Waals surface area (Å²) in [5, 5.41) is 21.6. The number of aliphatic hydroxyl groups excluding tert-OH is 1. The maximum absolute atomic E-state index is 9.93. The van der Waals surface area contributed by atoms with E-state index in [9.17, 15) is 5.11 Å². The van der Waals surface area contributed by atoms with Gasteiger partial charge in [0.15, 0.2) is 11.5 Å². The average molecular weight is 313 g/mol. The highest BCUT2D eigenvalue weighted by atomic mass is 16.3. The van der Waals surface area contributed by atoms with Gasteiger partial charge in [0.2, 0.25) is 0 Å². The molecule has 0 bridgehead atoms. The predicted molar refractivity (Wildman–Crippen MR) is 84.5 cm³/mol. The van der Waals surface area contributed by atoms with Crippen molar-refractivity contribution in [2.45, 2.75) is 37.7 Å². The molecule has 2 atom stereocenters. The van der Waals surface area contributed by atoms with E-state index in [2.05, 4.69) is 20.5 Å². The van der Waals surface area contributed by atoms with Gasteiger partial charge in [-0.2, -0.15) is 10.2 Å². The van der Waals surface area contributed by atoms with Gasteiger partial charge in [0.1, 0.15) is 6.33 Å². The summed E-state index contributed by atoms with van der Waals surface area (Å²) < 4.78 is 3.46. The molecule has 1 aliphatic rings. The Kier molecular flexibility index (Phi) is 3.45. The van der Waals surface area contributed by atoms with Crippen LogP contribution in [0.15, 0.2) is 24.9 Å². The molecule has 3 heterocycles. The lowest BCUT2D eigenvalue weighted by molar-refractivity contribution is 0.118. The molecular weight excluding hydrogens is 294 g/mol. The quantitative estimate of drug-likeness (QED) is 0.763. The van der Waals surface area contributed by atoms with Crippen molar-refractivity contribution in [2.24, 2.45) is 7.05 Å². The molecule has 1 saturated carbocycles. The zero-order valence-corrected chi connectivity index (χ0v) is 12.9. The number of nitrogens with zero attached hydrogens (tertiary/aromatic N) is 6. The van der Waals surface area contributed by atoms with Gasteiger partial charge in [-0.25, -0.2) is 14.5 Å². The van der Waals surface area contributed by atoms with Crippen molar-refractivity contribution in [1.82, 2.24) is 29.4 Å². The van der Waals surface area contributed by atoms with Gasteiger partial charge in [-0.1, -0.05) is 6.42 Å². The van der Waals surface area contributed by atoms with Crippen LogP contribution in [0.2, 0.25) is 0 Å². The van der Waals surface area contributed by atoms with Crippen LogP contribution in [-0.2, 0) is 7.05 Å². The first-order valence-electron chi connectivity index (χ1n) is 7.83. The topological polar surface area (TPSA) is 93.2 Å². The highest BCUT2D eigenvalue weighted by Gasteiger charge is 2.24. The van der Waals surface area contributed by atoms with Gasteiger partial charge >= 0.3 is 0 Å². The highest BCUT2D eigenvalue weighted by molar-refractivity contribution is 5.68. The van der Waals surface area contributed by atoms with Crippen LogP contribution >= 0.6 is 0 Å². The third kappa shape index (κ3) is 2.77. The van der Waals surface area contributed by atoms with Crippen molar-refractivity contribution in [3.05, 3.63) is 30.6 Å². The summed E-state index contributed by atoms with van der Waals surface area (Å²) in [7, 11) is 1.87. The zero-order valence-electron chi connectivity index (χ0n) is 12.9. The number of hydrogen-bond acceptors (Lipinski definition) is 6. The van der Waals surface area contributed by atoms with Crippen molar-refractivity contribution in [1.29, 1.82) is 0 Å². The van der Waals surface area contributed by atoms with E-state index >= 15 is 0 Å². The fraction of sp³-hybridized carbons (Fsp3) is 0.467. The van der Waals surface area contributed by atoms with Gasteiger partial charge in [-0.05, 0) is 19.3 Å². The lowest BCUT2D eigenvalue weighted by Crippen LogP contribution is -2.19. The van der Waals surface area contributed by atoms with Crippen molar-refractivity contribution in [3.63, 3.8) is 0 Å². The Labute approximate surface area is 133 Å². The largest absolute Gasteiger partial charge is 0.393 e. The fourth-order valence-electron chi connectivity index (χ4n) is 3.18. The van der Waals surface area contributed by atoms with Crippen LogP contribution in [0.3, 0.4) is 0 Å². The Balaban J connectivity index is 1.72. The molecule has 0 aliphatic heterocycles. The average Bonchev–Trinajstić information content (AvgIpc) is 3.16. The number of aromatic nitrogens is 6. The summed E-state index contributed by atoms with van der Waals surface area (Å²) >= 11 is 0. The summed E-state index contributed by atoms with van der Waals surface area (Å²) in [6, 6.07) is 0. The summed E-state index contributed by atoms with van der Waals surface area (Å²) in [5.41, 5.74) is 2.47. The fourth-order valence-corrected chi connectivity index (χ4v) is 3.18. The van der Waals surface area contributed by atoms with Crippen LogP contribution in [0.25, 0.3) is 5.65 Å². The van der Waals surface area contributed by atoms with Gasteiger partial charge < -0.3 is 10.4 Å². The third-order valence-corrected chi connectivity index (χ3v) is 4.31. The maximum atomic E-state index is 9.93. The van der Waals surface area contributed by atoms with Crippen LogP contribution < -0.4 is 5.32 Å². The monoisotopic (exact) mass is 313 g/mol. The second kappa shape index (κ2) is 5.62. The lowest BCUT2D eigenvalue weighted by atomic mass is 9.85. The number of nitrogens with one attached hydrogen (secondary N) is 1. The first kappa shape index (κ1) is 14.1. The van der Waals surface area contributed by atoms with E-state index in [1.165, 1.54) is 6.33 Å². The number of hydrogen-bond donors (Lipinski definition) is 2. The Morgan fingerprint density at radius 2 is 2.17 bits per heavy atom. The molecule has 0 aromatic carbocycles. The summed E-state index contributed by atoms with van der Waals surface area (Å²) in [4.78, 5) is 9.03. The standard InChI is InChI=1S/C15H19N7O/c1-21-7-11(6-17-21)19-14-15-16-9-18-22(15)8-13(20-14)10-3-2-4-12(23)5-10/h6-10,12,23H,2-5H2,1H3,(H,19,20)/t10-,12?/m1/s1. The zero-order chi connectivity index (χ0) is 15.8. The molecule has 2 N–H and O–H groups in total. The summed E-state index contributed by atoms with van der Waals surface area (Å²) in [5.74, 6) is 0.912. The minimum absolute atomic E-state index is 0.239. The first-order valence-corrected chi connectivity index (χ1v) is 7.83. The van der Waals surface area contributed by atoms with E-state index in [0.29, 0.717) is 11.5 Å². The Morgan fingerprint density at radius 3 is 2.96 bits per heavy atom. The molecule has 0 saturated heterocycles. The molecule has 1 unspecified atom stereocenters. The molecule has 0 spiro atoms. The number of anilines is 2. The number of rotatable bonds is 3. The minimum Gasteiger partial charge on any atom is -0.393 e. The van der Waals surface area contributed by atoms with Crippen LogP contribution in [0.4, 0.5) is 11.5 Å². The van der Waals surface area contributed by atoms with E-state index in [1.54, 1.807) is 15.4 Å². The van der Waals surface area contributed by atoms with Crippen molar-refractivity contribution in [3.8, 4) is 0 Å². The van der Waals surface area contributed by atoms with Gasteiger partial charge in [-0.3, -0.25) is 4.68 Å². The minimum atomic E-state index is -0.239. The molecule has 0 amide bonds. The van der Waals surface area contributed by atoms with Gasteiger partial charge in [0, 0.05) is 19.2 Å². The normalized spacial score (nSPS) is 21.7. The van der Waals surface area contributed by atoms with Gasteiger partial charge in [0.25, 0.3) is 0 Å². The van der Waals surface area contributed by atoms with E-state index in [4.69, 9.17) is 4.98 Å². The molecule has 3 aromatic heterocycles. The van der Waals surface area contributed by atoms with E-state index < -0.39 is 0 Å².